The monoisotopic (exact) mass is 474 g/mol. The van der Waals surface area contributed by atoms with E-state index in [9.17, 15) is 0 Å². The molecule has 0 saturated heterocycles. The van der Waals surface area contributed by atoms with Gasteiger partial charge in [-0.3, -0.25) is 0 Å². The largest absolute Gasteiger partial charge is 0.410 e. The van der Waals surface area contributed by atoms with E-state index in [1.54, 1.807) is 0 Å². The first-order valence-electron chi connectivity index (χ1n) is 9.27. The van der Waals surface area contributed by atoms with Crippen LogP contribution in [0.4, 0.5) is 0 Å². The molecule has 3 heteroatoms. The minimum absolute atomic E-state index is 0.158. The Balaban J connectivity index is 5.33. The topological polar surface area (TPSA) is 9.23 Å². The van der Waals surface area contributed by atoms with E-state index in [-0.39, 0.29) is 11.1 Å². The summed E-state index contributed by atoms with van der Waals surface area (Å²) in [6, 6.07) is 0. The summed E-state index contributed by atoms with van der Waals surface area (Å²) in [5.41, 5.74) is 4.03. The molecule has 0 aliphatic carbocycles. The second kappa shape index (κ2) is 10.9. The Morgan fingerprint density at radius 2 is 1.72 bits per heavy atom. The van der Waals surface area contributed by atoms with Gasteiger partial charge in [-0.05, 0) is 61.9 Å². The number of hydrogen-bond acceptors (Lipinski definition) is 1. The predicted molar refractivity (Wildman–Crippen MR) is 126 cm³/mol. The molecule has 0 unspecified atom stereocenters. The summed E-state index contributed by atoms with van der Waals surface area (Å²) in [4.78, 5) is 0. The normalized spacial score (nSPS) is 18.0. The van der Waals surface area contributed by atoms with Crippen molar-refractivity contribution >= 4 is 30.9 Å². The molecule has 25 heavy (non-hydrogen) atoms. The third-order valence-electron chi connectivity index (χ3n) is 5.14. The number of rotatable bonds is 8. The Morgan fingerprint density at radius 1 is 1.16 bits per heavy atom. The van der Waals surface area contributed by atoms with Gasteiger partial charge in [-0.1, -0.05) is 85.7 Å². The third-order valence-corrected chi connectivity index (χ3v) is 10.7. The van der Waals surface area contributed by atoms with E-state index in [1.807, 2.05) is 0 Å². The molecule has 0 N–H and O–H groups in total. The van der Waals surface area contributed by atoms with E-state index in [4.69, 9.17) is 4.43 Å². The van der Waals surface area contributed by atoms with Crippen LogP contribution < -0.4 is 0 Å². The van der Waals surface area contributed by atoms with Gasteiger partial charge < -0.3 is 4.43 Å². The van der Waals surface area contributed by atoms with Crippen LogP contribution in [-0.2, 0) is 4.43 Å². The van der Waals surface area contributed by atoms with Gasteiger partial charge in [0.15, 0.2) is 8.32 Å². The van der Waals surface area contributed by atoms with Crippen LogP contribution in [-0.4, -0.2) is 14.4 Å². The predicted octanol–water partition coefficient (Wildman–Crippen LogP) is 8.21. The molecule has 2 atom stereocenters. The second-order valence-electron chi connectivity index (χ2n) is 8.66. The summed E-state index contributed by atoms with van der Waals surface area (Å²) < 4.78 is 8.91. The van der Waals surface area contributed by atoms with E-state index >= 15 is 0 Å². The smallest absolute Gasteiger partial charge is 0.192 e. The first-order chi connectivity index (χ1) is 11.4. The summed E-state index contributed by atoms with van der Waals surface area (Å²) in [5, 5.41) is 0.223. The van der Waals surface area contributed by atoms with Crippen LogP contribution in [0.15, 0.2) is 45.1 Å². The average Bonchev–Trinajstić information content (AvgIpc) is 2.50. The zero-order valence-corrected chi connectivity index (χ0v) is 21.2. The maximum atomic E-state index is 6.77. The zero-order valence-electron chi connectivity index (χ0n) is 18.0. The Hall–Kier alpha value is -0.133. The van der Waals surface area contributed by atoms with Crippen molar-refractivity contribution in [1.82, 2.24) is 0 Å². The van der Waals surface area contributed by atoms with Gasteiger partial charge in [-0.15, -0.1) is 0 Å². The van der Waals surface area contributed by atoms with Crippen molar-refractivity contribution < 1.29 is 4.43 Å². The van der Waals surface area contributed by atoms with Crippen LogP contribution in [0, 0.1) is 5.92 Å². The van der Waals surface area contributed by atoms with Crippen molar-refractivity contribution in [3.8, 4) is 0 Å². The molecule has 0 spiro atoms. The Labute approximate surface area is 172 Å². The standard InChI is InChI=1S/C22H39IOSi/c1-11-19(4)21(24-25(9,10)22(6,7)8)20(5)15-17(2)13-12-14-18(3)16-23/h11-13,15-16,20-21H,14H2,1-10H3/b13-12+,17-15+,18-16+,19-11+/t20-,21+/m1/s1. The van der Waals surface area contributed by atoms with Gasteiger partial charge in [0.25, 0.3) is 0 Å². The van der Waals surface area contributed by atoms with Crippen molar-refractivity contribution in [1.29, 1.82) is 0 Å². The SMILES string of the molecule is C/C=C(\C)[C@H](O[Si](C)(C)C(C)(C)C)[C@H](C)/C=C(C)/C=C/C/C(C)=C/I. The Kier molecular flexibility index (Phi) is 10.8. The number of halogens is 1. The lowest BCUT2D eigenvalue weighted by molar-refractivity contribution is 0.178. The van der Waals surface area contributed by atoms with Crippen molar-refractivity contribution in [2.24, 2.45) is 5.92 Å². The molecule has 0 heterocycles. The van der Waals surface area contributed by atoms with E-state index in [1.165, 1.54) is 16.7 Å². The van der Waals surface area contributed by atoms with E-state index in [0.717, 1.165) is 6.42 Å². The molecule has 0 aromatic carbocycles. The van der Waals surface area contributed by atoms with Gasteiger partial charge >= 0.3 is 0 Å². The van der Waals surface area contributed by atoms with Crippen molar-refractivity contribution in [2.45, 2.75) is 86.0 Å². The molecule has 0 radical (unpaired) electrons. The van der Waals surface area contributed by atoms with Crippen molar-refractivity contribution in [3.63, 3.8) is 0 Å². The summed E-state index contributed by atoms with van der Waals surface area (Å²) >= 11 is 2.30. The van der Waals surface area contributed by atoms with Crippen LogP contribution in [0.2, 0.25) is 18.1 Å². The zero-order chi connectivity index (χ0) is 19.8. The van der Waals surface area contributed by atoms with Crippen LogP contribution in [0.5, 0.6) is 0 Å². The fourth-order valence-corrected chi connectivity index (χ4v) is 3.95. The van der Waals surface area contributed by atoms with E-state index in [0.29, 0.717) is 5.92 Å². The first-order valence-corrected chi connectivity index (χ1v) is 13.4. The molecule has 0 rings (SSSR count). The van der Waals surface area contributed by atoms with Gasteiger partial charge in [0.05, 0.1) is 6.10 Å². The molecular weight excluding hydrogens is 435 g/mol. The highest BCUT2D eigenvalue weighted by Gasteiger charge is 2.40. The van der Waals surface area contributed by atoms with Crippen LogP contribution in [0.25, 0.3) is 0 Å². The minimum atomic E-state index is -1.80. The maximum Gasteiger partial charge on any atom is 0.192 e. The first kappa shape index (κ1) is 24.9. The lowest BCUT2D eigenvalue weighted by atomic mass is 9.96. The third kappa shape index (κ3) is 8.87. The number of hydrogen-bond donors (Lipinski definition) is 0. The molecule has 0 aromatic heterocycles. The van der Waals surface area contributed by atoms with Crippen molar-refractivity contribution in [3.05, 3.63) is 45.1 Å². The highest BCUT2D eigenvalue weighted by molar-refractivity contribution is 14.1. The molecule has 144 valence electrons. The van der Waals surface area contributed by atoms with Crippen molar-refractivity contribution in [2.75, 3.05) is 0 Å². The van der Waals surface area contributed by atoms with Gasteiger partial charge in [-0.2, -0.15) is 0 Å². The molecular formula is C22H39IOSi. The molecule has 0 aliphatic heterocycles. The van der Waals surface area contributed by atoms with Crippen LogP contribution in [0.1, 0.15) is 61.8 Å². The molecule has 0 aromatic rings. The van der Waals surface area contributed by atoms with Gasteiger partial charge in [0, 0.05) is 5.92 Å². The summed E-state index contributed by atoms with van der Waals surface area (Å²) in [5.74, 6) is 0.358. The van der Waals surface area contributed by atoms with Gasteiger partial charge in [0.2, 0.25) is 0 Å². The molecule has 0 aliphatic rings. The van der Waals surface area contributed by atoms with Crippen LogP contribution in [0.3, 0.4) is 0 Å². The lowest BCUT2D eigenvalue weighted by Gasteiger charge is -2.41. The summed E-state index contributed by atoms with van der Waals surface area (Å²) in [6.45, 7) is 22.5. The van der Waals surface area contributed by atoms with Gasteiger partial charge in [0.1, 0.15) is 0 Å². The minimum Gasteiger partial charge on any atom is -0.410 e. The molecule has 0 amide bonds. The highest BCUT2D eigenvalue weighted by Crippen LogP contribution is 2.39. The highest BCUT2D eigenvalue weighted by atomic mass is 127. The van der Waals surface area contributed by atoms with E-state index in [2.05, 4.69) is 119 Å². The summed E-state index contributed by atoms with van der Waals surface area (Å²) in [7, 11) is -1.80. The number of allylic oxidation sites excluding steroid dienone is 5. The quantitative estimate of drug-likeness (QED) is 0.149. The fraction of sp³-hybridized carbons (Fsp3) is 0.636. The lowest BCUT2D eigenvalue weighted by Crippen LogP contribution is -2.45. The van der Waals surface area contributed by atoms with Crippen LogP contribution >= 0.6 is 22.6 Å². The Morgan fingerprint density at radius 3 is 2.16 bits per heavy atom. The summed E-state index contributed by atoms with van der Waals surface area (Å²) in [6.07, 6.45) is 10.2. The van der Waals surface area contributed by atoms with Gasteiger partial charge in [-0.25, -0.2) is 0 Å². The average molecular weight is 475 g/mol. The molecule has 0 bridgehead atoms. The second-order valence-corrected chi connectivity index (χ2v) is 14.0. The molecule has 0 saturated carbocycles. The molecule has 1 nitrogen and oxygen atoms in total. The fourth-order valence-electron chi connectivity index (χ4n) is 2.31. The van der Waals surface area contributed by atoms with E-state index < -0.39 is 8.32 Å². The maximum absolute atomic E-state index is 6.77. The Bertz CT molecular complexity index is 533. The molecule has 0 fully saturated rings.